The van der Waals surface area contributed by atoms with Gasteiger partial charge in [-0.1, -0.05) is 35.9 Å². The number of rotatable bonds is 5. The molecule has 0 aliphatic rings. The molecule has 0 aliphatic heterocycles. The summed E-state index contributed by atoms with van der Waals surface area (Å²) in [5.74, 6) is -2.21. The van der Waals surface area contributed by atoms with E-state index in [1.165, 1.54) is 18.2 Å². The minimum Gasteiger partial charge on any atom is -0.478 e. The van der Waals surface area contributed by atoms with E-state index in [4.69, 9.17) is 16.7 Å². The summed E-state index contributed by atoms with van der Waals surface area (Å²) in [4.78, 5) is 23.5. The molecule has 0 saturated heterocycles. The first-order valence-electron chi connectivity index (χ1n) is 8.51. The van der Waals surface area contributed by atoms with Gasteiger partial charge in [0, 0.05) is 11.6 Å². The van der Waals surface area contributed by atoms with Crippen LogP contribution >= 0.6 is 11.6 Å². The summed E-state index contributed by atoms with van der Waals surface area (Å²) in [5, 5.41) is 12.1. The van der Waals surface area contributed by atoms with E-state index in [1.54, 1.807) is 12.1 Å². The SMILES string of the molecule is Cc1ccc(-c2cccc(C(=O)O)c2)cc1CNC(=O)c1ccc(Cl)cc1F. The van der Waals surface area contributed by atoms with Crippen LogP contribution in [0.4, 0.5) is 4.39 Å². The van der Waals surface area contributed by atoms with E-state index >= 15 is 0 Å². The summed E-state index contributed by atoms with van der Waals surface area (Å²) in [6.45, 7) is 2.11. The summed E-state index contributed by atoms with van der Waals surface area (Å²) in [5.41, 5.74) is 3.52. The monoisotopic (exact) mass is 397 g/mol. The zero-order valence-corrected chi connectivity index (χ0v) is 15.8. The van der Waals surface area contributed by atoms with E-state index in [0.717, 1.165) is 28.3 Å². The molecule has 0 aromatic heterocycles. The third kappa shape index (κ3) is 4.38. The zero-order chi connectivity index (χ0) is 20.3. The van der Waals surface area contributed by atoms with Gasteiger partial charge in [0.2, 0.25) is 0 Å². The first-order chi connectivity index (χ1) is 13.3. The lowest BCUT2D eigenvalue weighted by Gasteiger charge is -2.11. The van der Waals surface area contributed by atoms with Crippen LogP contribution in [0.1, 0.15) is 31.8 Å². The molecule has 0 spiro atoms. The number of amides is 1. The van der Waals surface area contributed by atoms with Gasteiger partial charge in [-0.25, -0.2) is 9.18 Å². The van der Waals surface area contributed by atoms with Crippen LogP contribution in [-0.4, -0.2) is 17.0 Å². The van der Waals surface area contributed by atoms with Gasteiger partial charge in [0.15, 0.2) is 0 Å². The molecule has 3 rings (SSSR count). The Balaban J connectivity index is 1.81. The highest BCUT2D eigenvalue weighted by atomic mass is 35.5. The Morgan fingerprint density at radius 3 is 2.50 bits per heavy atom. The Morgan fingerprint density at radius 1 is 1.04 bits per heavy atom. The third-order valence-electron chi connectivity index (χ3n) is 4.41. The van der Waals surface area contributed by atoms with Crippen molar-refractivity contribution in [2.75, 3.05) is 0 Å². The second-order valence-corrected chi connectivity index (χ2v) is 6.77. The molecular formula is C22H17ClFNO3. The molecule has 0 atom stereocenters. The maximum Gasteiger partial charge on any atom is 0.335 e. The van der Waals surface area contributed by atoms with Crippen molar-refractivity contribution in [3.05, 3.63) is 93.8 Å². The van der Waals surface area contributed by atoms with Crippen LogP contribution < -0.4 is 5.32 Å². The fourth-order valence-electron chi connectivity index (χ4n) is 2.82. The van der Waals surface area contributed by atoms with Gasteiger partial charge in [0.05, 0.1) is 11.1 Å². The molecule has 0 fully saturated rings. The van der Waals surface area contributed by atoms with Crippen molar-refractivity contribution < 1.29 is 19.1 Å². The number of benzene rings is 3. The van der Waals surface area contributed by atoms with Gasteiger partial charge in [-0.15, -0.1) is 0 Å². The number of hydrogen-bond acceptors (Lipinski definition) is 2. The number of carboxylic acid groups (broad SMARTS) is 1. The van der Waals surface area contributed by atoms with Gasteiger partial charge in [0.1, 0.15) is 5.82 Å². The number of hydrogen-bond donors (Lipinski definition) is 2. The van der Waals surface area contributed by atoms with Crippen molar-refractivity contribution in [2.45, 2.75) is 13.5 Å². The van der Waals surface area contributed by atoms with Crippen LogP contribution in [0, 0.1) is 12.7 Å². The second-order valence-electron chi connectivity index (χ2n) is 6.33. The van der Waals surface area contributed by atoms with Crippen molar-refractivity contribution in [3.63, 3.8) is 0 Å². The summed E-state index contributed by atoms with van der Waals surface area (Å²) in [6.07, 6.45) is 0. The highest BCUT2D eigenvalue weighted by Crippen LogP contribution is 2.24. The van der Waals surface area contributed by atoms with E-state index in [2.05, 4.69) is 5.32 Å². The summed E-state index contributed by atoms with van der Waals surface area (Å²) in [6, 6.07) is 16.2. The number of carbonyl (C=O) groups excluding carboxylic acids is 1. The predicted octanol–water partition coefficient (Wildman–Crippen LogP) is 5.08. The minimum atomic E-state index is -0.994. The van der Waals surface area contributed by atoms with Gasteiger partial charge in [-0.3, -0.25) is 4.79 Å². The van der Waals surface area contributed by atoms with Gasteiger partial charge in [0.25, 0.3) is 5.91 Å². The molecule has 0 heterocycles. The van der Waals surface area contributed by atoms with Crippen LogP contribution in [0.15, 0.2) is 60.7 Å². The molecule has 0 saturated carbocycles. The Bertz CT molecular complexity index is 1070. The fraction of sp³-hybridized carbons (Fsp3) is 0.0909. The molecule has 28 heavy (non-hydrogen) atoms. The average Bonchev–Trinajstić information content (AvgIpc) is 2.67. The summed E-state index contributed by atoms with van der Waals surface area (Å²) in [7, 11) is 0. The Morgan fingerprint density at radius 2 is 1.79 bits per heavy atom. The predicted molar refractivity (Wildman–Crippen MR) is 106 cm³/mol. The van der Waals surface area contributed by atoms with Crippen LogP contribution in [0.25, 0.3) is 11.1 Å². The van der Waals surface area contributed by atoms with Crippen LogP contribution in [0.2, 0.25) is 5.02 Å². The maximum absolute atomic E-state index is 13.9. The van der Waals surface area contributed by atoms with Crippen molar-refractivity contribution in [1.82, 2.24) is 5.32 Å². The molecule has 0 radical (unpaired) electrons. The lowest BCUT2D eigenvalue weighted by Crippen LogP contribution is -2.24. The molecule has 3 aromatic carbocycles. The molecule has 1 amide bonds. The maximum atomic E-state index is 13.9. The Hall–Kier alpha value is -3.18. The number of halogens is 2. The van der Waals surface area contributed by atoms with E-state index in [1.807, 2.05) is 31.2 Å². The number of carbonyl (C=O) groups is 2. The van der Waals surface area contributed by atoms with Gasteiger partial charge in [-0.05, 0) is 65.6 Å². The van der Waals surface area contributed by atoms with Crippen molar-refractivity contribution in [2.24, 2.45) is 0 Å². The molecule has 2 N–H and O–H groups in total. The second kappa shape index (κ2) is 8.23. The Labute approximate surface area is 166 Å². The van der Waals surface area contributed by atoms with Crippen LogP contribution in [-0.2, 0) is 6.54 Å². The number of nitrogens with one attached hydrogen (secondary N) is 1. The fourth-order valence-corrected chi connectivity index (χ4v) is 2.98. The van der Waals surface area contributed by atoms with E-state index in [9.17, 15) is 14.0 Å². The molecular weight excluding hydrogens is 381 g/mol. The molecule has 3 aromatic rings. The molecule has 4 nitrogen and oxygen atoms in total. The smallest absolute Gasteiger partial charge is 0.335 e. The van der Waals surface area contributed by atoms with Gasteiger partial charge >= 0.3 is 5.97 Å². The van der Waals surface area contributed by atoms with E-state index in [-0.39, 0.29) is 22.7 Å². The first kappa shape index (κ1) is 19.6. The van der Waals surface area contributed by atoms with Crippen molar-refractivity contribution in [3.8, 4) is 11.1 Å². The first-order valence-corrected chi connectivity index (χ1v) is 8.89. The molecule has 0 bridgehead atoms. The van der Waals surface area contributed by atoms with E-state index in [0.29, 0.717) is 0 Å². The number of aromatic carboxylic acids is 1. The molecule has 0 unspecified atom stereocenters. The van der Waals surface area contributed by atoms with Gasteiger partial charge < -0.3 is 10.4 Å². The van der Waals surface area contributed by atoms with Crippen molar-refractivity contribution >= 4 is 23.5 Å². The lowest BCUT2D eigenvalue weighted by atomic mass is 9.98. The van der Waals surface area contributed by atoms with Crippen LogP contribution in [0.5, 0.6) is 0 Å². The molecule has 142 valence electrons. The topological polar surface area (TPSA) is 66.4 Å². The molecule has 6 heteroatoms. The summed E-state index contributed by atoms with van der Waals surface area (Å²) >= 11 is 5.71. The normalized spacial score (nSPS) is 10.5. The Kier molecular flexibility index (Phi) is 5.76. The minimum absolute atomic E-state index is 0.0765. The van der Waals surface area contributed by atoms with Crippen LogP contribution in [0.3, 0.4) is 0 Å². The third-order valence-corrected chi connectivity index (χ3v) is 4.64. The van der Waals surface area contributed by atoms with E-state index < -0.39 is 17.7 Å². The van der Waals surface area contributed by atoms with Crippen molar-refractivity contribution in [1.29, 1.82) is 0 Å². The quantitative estimate of drug-likeness (QED) is 0.630. The standard InChI is InChI=1S/C22H17ClFNO3/c1-13-5-6-15(14-3-2-4-16(9-14)22(27)28)10-17(13)12-25-21(26)19-8-7-18(23)11-20(19)24/h2-11H,12H2,1H3,(H,25,26)(H,27,28). The highest BCUT2D eigenvalue weighted by Gasteiger charge is 2.13. The zero-order valence-electron chi connectivity index (χ0n) is 15.0. The molecule has 0 aliphatic carbocycles. The lowest BCUT2D eigenvalue weighted by molar-refractivity contribution is 0.0696. The highest BCUT2D eigenvalue weighted by molar-refractivity contribution is 6.30. The number of aryl methyl sites for hydroxylation is 1. The summed E-state index contributed by atoms with van der Waals surface area (Å²) < 4.78 is 13.9. The number of carboxylic acids is 1. The van der Waals surface area contributed by atoms with Gasteiger partial charge in [-0.2, -0.15) is 0 Å². The average molecular weight is 398 g/mol. The largest absolute Gasteiger partial charge is 0.478 e.